The Morgan fingerprint density at radius 1 is 1.58 bits per heavy atom. The van der Waals surface area contributed by atoms with Crippen LogP contribution in [0.1, 0.15) is 13.3 Å². The fraction of sp³-hybridized carbons (Fsp3) is 0.714. The maximum absolute atomic E-state index is 10.8. The molecular weight excluding hydrogens is 184 g/mol. The second kappa shape index (κ2) is 4.98. The van der Waals surface area contributed by atoms with Crippen molar-refractivity contribution in [3.8, 4) is 0 Å². The number of carbonyl (C=O) groups is 2. The van der Waals surface area contributed by atoms with E-state index in [0.29, 0.717) is 0 Å². The molecule has 70 valence electrons. The van der Waals surface area contributed by atoms with Gasteiger partial charge in [0.1, 0.15) is 5.38 Å². The van der Waals surface area contributed by atoms with Crippen molar-refractivity contribution < 1.29 is 19.4 Å². The Bertz CT molecular complexity index is 180. The molecule has 2 atom stereocenters. The molecule has 5 heteroatoms. The van der Waals surface area contributed by atoms with Crippen molar-refractivity contribution in [2.24, 2.45) is 5.92 Å². The summed E-state index contributed by atoms with van der Waals surface area (Å²) in [7, 11) is 1.25. The Labute approximate surface area is 75.5 Å². The summed E-state index contributed by atoms with van der Waals surface area (Å²) in [4.78, 5) is 21.1. The number of carbonyl (C=O) groups excluding carboxylic acids is 1. The van der Waals surface area contributed by atoms with Crippen molar-refractivity contribution in [1.29, 1.82) is 0 Å². The second-order valence-corrected chi connectivity index (χ2v) is 2.99. The molecule has 0 heterocycles. The van der Waals surface area contributed by atoms with Crippen LogP contribution in [0.3, 0.4) is 0 Å². The van der Waals surface area contributed by atoms with Crippen molar-refractivity contribution in [2.75, 3.05) is 7.11 Å². The molecule has 0 aliphatic carbocycles. The first-order valence-corrected chi connectivity index (χ1v) is 3.87. The lowest BCUT2D eigenvalue weighted by Gasteiger charge is -2.09. The third-order valence-corrected chi connectivity index (χ3v) is 1.80. The molecule has 0 amide bonds. The van der Waals surface area contributed by atoms with Crippen LogP contribution in [0.5, 0.6) is 0 Å². The number of aliphatic carboxylic acids is 1. The Kier molecular flexibility index (Phi) is 4.66. The molecule has 0 aromatic rings. The minimum Gasteiger partial charge on any atom is -0.480 e. The third-order valence-electron chi connectivity index (χ3n) is 1.43. The average molecular weight is 195 g/mol. The van der Waals surface area contributed by atoms with Crippen molar-refractivity contribution in [1.82, 2.24) is 0 Å². The van der Waals surface area contributed by atoms with Crippen molar-refractivity contribution in [3.05, 3.63) is 0 Å². The summed E-state index contributed by atoms with van der Waals surface area (Å²) in [5.74, 6) is -2.04. The zero-order valence-electron chi connectivity index (χ0n) is 6.91. The second-order valence-electron chi connectivity index (χ2n) is 2.47. The minimum atomic E-state index is -1.12. The summed E-state index contributed by atoms with van der Waals surface area (Å²) in [5.41, 5.74) is 0. The summed E-state index contributed by atoms with van der Waals surface area (Å²) in [5, 5.41) is 7.37. The van der Waals surface area contributed by atoms with Gasteiger partial charge in [-0.2, -0.15) is 0 Å². The van der Waals surface area contributed by atoms with E-state index in [1.165, 1.54) is 7.11 Å². The van der Waals surface area contributed by atoms with Crippen LogP contribution in [0.4, 0.5) is 0 Å². The van der Waals surface area contributed by atoms with E-state index >= 15 is 0 Å². The van der Waals surface area contributed by atoms with Gasteiger partial charge in [0.2, 0.25) is 0 Å². The number of halogens is 1. The number of rotatable bonds is 4. The number of ether oxygens (including phenoxy) is 1. The fourth-order valence-corrected chi connectivity index (χ4v) is 0.976. The van der Waals surface area contributed by atoms with Gasteiger partial charge in [-0.05, 0) is 6.42 Å². The van der Waals surface area contributed by atoms with Crippen LogP contribution < -0.4 is 0 Å². The highest BCUT2D eigenvalue weighted by atomic mass is 35.5. The molecule has 0 spiro atoms. The number of carboxylic acid groups (broad SMARTS) is 1. The van der Waals surface area contributed by atoms with E-state index < -0.39 is 23.2 Å². The number of hydrogen-bond donors (Lipinski definition) is 1. The zero-order valence-corrected chi connectivity index (χ0v) is 7.67. The molecule has 0 fully saturated rings. The van der Waals surface area contributed by atoms with E-state index in [4.69, 9.17) is 16.7 Å². The van der Waals surface area contributed by atoms with Gasteiger partial charge in [0.05, 0.1) is 13.0 Å². The minimum absolute atomic E-state index is 0.0869. The maximum Gasteiger partial charge on any atom is 0.321 e. The van der Waals surface area contributed by atoms with Crippen LogP contribution in [-0.2, 0) is 14.3 Å². The lowest BCUT2D eigenvalue weighted by Crippen LogP contribution is -2.22. The first-order valence-electron chi connectivity index (χ1n) is 3.43. The smallest absolute Gasteiger partial charge is 0.321 e. The zero-order chi connectivity index (χ0) is 9.72. The normalized spacial score (nSPS) is 14.9. The largest absolute Gasteiger partial charge is 0.480 e. The highest BCUT2D eigenvalue weighted by molar-refractivity contribution is 6.29. The number of esters is 1. The van der Waals surface area contributed by atoms with E-state index in [9.17, 15) is 9.59 Å². The summed E-state index contributed by atoms with van der Waals surface area (Å²) >= 11 is 5.40. The molecular formula is C7H11ClO4. The van der Waals surface area contributed by atoms with E-state index in [1.54, 1.807) is 6.92 Å². The van der Waals surface area contributed by atoms with Crippen LogP contribution in [-0.4, -0.2) is 29.5 Å². The standard InChI is InChI=1S/C7H11ClO4/c1-4(7(11)12-2)3-5(8)6(9)10/h4-5H,3H2,1-2H3,(H,9,10). The van der Waals surface area contributed by atoms with E-state index in [1.807, 2.05) is 0 Å². The lowest BCUT2D eigenvalue weighted by molar-refractivity contribution is -0.145. The Balaban J connectivity index is 3.91. The highest BCUT2D eigenvalue weighted by Crippen LogP contribution is 2.12. The molecule has 0 saturated heterocycles. The molecule has 1 N–H and O–H groups in total. The van der Waals surface area contributed by atoms with Gasteiger partial charge in [-0.25, -0.2) is 0 Å². The molecule has 0 aliphatic heterocycles. The molecule has 0 aromatic carbocycles. The van der Waals surface area contributed by atoms with Crippen LogP contribution in [0.25, 0.3) is 0 Å². The fourth-order valence-electron chi connectivity index (χ4n) is 0.709. The van der Waals surface area contributed by atoms with Crippen LogP contribution in [0.15, 0.2) is 0 Å². The molecule has 12 heavy (non-hydrogen) atoms. The number of methoxy groups -OCH3 is 1. The highest BCUT2D eigenvalue weighted by Gasteiger charge is 2.22. The molecule has 0 bridgehead atoms. The predicted molar refractivity (Wildman–Crippen MR) is 43.1 cm³/mol. The quantitative estimate of drug-likeness (QED) is 0.533. The van der Waals surface area contributed by atoms with Gasteiger partial charge in [-0.3, -0.25) is 9.59 Å². The molecule has 0 rings (SSSR count). The van der Waals surface area contributed by atoms with Crippen LogP contribution in [0, 0.1) is 5.92 Å². The number of carboxylic acids is 1. The topological polar surface area (TPSA) is 63.6 Å². The summed E-state index contributed by atoms with van der Waals surface area (Å²) in [6.45, 7) is 1.57. The SMILES string of the molecule is COC(=O)C(C)CC(Cl)C(=O)O. The summed E-state index contributed by atoms with van der Waals surface area (Å²) in [6.07, 6.45) is 0.0869. The molecule has 4 nitrogen and oxygen atoms in total. The maximum atomic E-state index is 10.8. The van der Waals surface area contributed by atoms with Gasteiger partial charge in [0, 0.05) is 0 Å². The van der Waals surface area contributed by atoms with Crippen LogP contribution in [0.2, 0.25) is 0 Å². The molecule has 0 aliphatic rings. The van der Waals surface area contributed by atoms with Gasteiger partial charge in [-0.1, -0.05) is 6.92 Å². The summed E-state index contributed by atoms with van der Waals surface area (Å²) < 4.78 is 4.40. The average Bonchev–Trinajstić information content (AvgIpc) is 2.02. The first kappa shape index (κ1) is 11.2. The van der Waals surface area contributed by atoms with Crippen molar-refractivity contribution >= 4 is 23.5 Å². The lowest BCUT2D eigenvalue weighted by atomic mass is 10.1. The Hall–Kier alpha value is -0.770. The number of alkyl halides is 1. The van der Waals surface area contributed by atoms with E-state index in [-0.39, 0.29) is 6.42 Å². The van der Waals surface area contributed by atoms with Crippen LogP contribution >= 0.6 is 11.6 Å². The van der Waals surface area contributed by atoms with Crippen molar-refractivity contribution in [3.63, 3.8) is 0 Å². The third kappa shape index (κ3) is 3.57. The first-order chi connectivity index (χ1) is 5.49. The van der Waals surface area contributed by atoms with Gasteiger partial charge >= 0.3 is 11.9 Å². The Morgan fingerprint density at radius 3 is 2.42 bits per heavy atom. The molecule has 2 unspecified atom stereocenters. The van der Waals surface area contributed by atoms with Gasteiger partial charge in [0.15, 0.2) is 0 Å². The molecule has 0 saturated carbocycles. The Morgan fingerprint density at radius 2 is 2.08 bits per heavy atom. The van der Waals surface area contributed by atoms with Crippen molar-refractivity contribution in [2.45, 2.75) is 18.7 Å². The van der Waals surface area contributed by atoms with Gasteiger partial charge in [-0.15, -0.1) is 11.6 Å². The predicted octanol–water partition coefficient (Wildman–Crippen LogP) is 0.878. The van der Waals surface area contributed by atoms with E-state index in [2.05, 4.69) is 4.74 Å². The number of hydrogen-bond acceptors (Lipinski definition) is 3. The van der Waals surface area contributed by atoms with E-state index in [0.717, 1.165) is 0 Å². The monoisotopic (exact) mass is 194 g/mol. The molecule has 0 aromatic heterocycles. The summed E-state index contributed by atoms with van der Waals surface area (Å²) in [6, 6.07) is 0. The molecule has 0 radical (unpaired) electrons. The van der Waals surface area contributed by atoms with Gasteiger partial charge in [0.25, 0.3) is 0 Å². The van der Waals surface area contributed by atoms with Gasteiger partial charge < -0.3 is 9.84 Å².